The normalized spacial score (nSPS) is 10.6. The molecule has 156 valence electrons. The Balaban J connectivity index is 1.37. The van der Waals surface area contributed by atoms with E-state index in [1.54, 1.807) is 16.8 Å². The summed E-state index contributed by atoms with van der Waals surface area (Å²) in [6, 6.07) is 20.8. The molecule has 0 saturated carbocycles. The maximum Gasteiger partial charge on any atom is 0.315 e. The molecule has 0 saturated heterocycles. The van der Waals surface area contributed by atoms with E-state index >= 15 is 0 Å². The SMILES string of the molecule is Cc1ccc(CNC(=O)NCc2ccccc2)cc1NC(=O)c1cnc2ccccn12. The Hall–Kier alpha value is -4.13. The van der Waals surface area contributed by atoms with Gasteiger partial charge in [-0.1, -0.05) is 48.5 Å². The van der Waals surface area contributed by atoms with Crippen molar-refractivity contribution in [3.8, 4) is 0 Å². The molecule has 0 bridgehead atoms. The maximum atomic E-state index is 12.8. The number of aryl methyl sites for hydroxylation is 1. The van der Waals surface area contributed by atoms with E-state index in [4.69, 9.17) is 0 Å². The van der Waals surface area contributed by atoms with Crippen molar-refractivity contribution < 1.29 is 9.59 Å². The third kappa shape index (κ3) is 4.90. The molecule has 2 heterocycles. The number of nitrogens with one attached hydrogen (secondary N) is 3. The van der Waals surface area contributed by atoms with Crippen LogP contribution in [0.15, 0.2) is 79.1 Å². The van der Waals surface area contributed by atoms with Gasteiger partial charge in [-0.25, -0.2) is 9.78 Å². The third-order valence-electron chi connectivity index (χ3n) is 4.95. The first-order valence-corrected chi connectivity index (χ1v) is 9.99. The standard InChI is InChI=1S/C24H23N5O2/c1-17-10-11-19(15-27-24(31)26-14-18-7-3-2-4-8-18)13-20(17)28-23(30)21-16-25-22-9-5-6-12-29(21)22/h2-13,16H,14-15H2,1H3,(H,28,30)(H2,26,27,31). The van der Waals surface area contributed by atoms with Crippen LogP contribution in [0.1, 0.15) is 27.2 Å². The minimum absolute atomic E-state index is 0.243. The summed E-state index contributed by atoms with van der Waals surface area (Å²) in [6.45, 7) is 2.73. The zero-order valence-electron chi connectivity index (χ0n) is 17.1. The van der Waals surface area contributed by atoms with E-state index in [9.17, 15) is 9.59 Å². The van der Waals surface area contributed by atoms with Crippen molar-refractivity contribution in [1.82, 2.24) is 20.0 Å². The van der Waals surface area contributed by atoms with Gasteiger partial charge in [0.05, 0.1) is 6.20 Å². The minimum atomic E-state index is -0.249. The first kappa shape index (κ1) is 20.2. The predicted molar refractivity (Wildman–Crippen MR) is 120 cm³/mol. The van der Waals surface area contributed by atoms with Gasteiger partial charge in [0.15, 0.2) is 0 Å². The first-order chi connectivity index (χ1) is 15.1. The molecule has 2 aromatic heterocycles. The number of aromatic nitrogens is 2. The molecule has 0 radical (unpaired) electrons. The van der Waals surface area contributed by atoms with Gasteiger partial charge < -0.3 is 16.0 Å². The summed E-state index contributed by atoms with van der Waals surface area (Å²) in [5.74, 6) is -0.243. The summed E-state index contributed by atoms with van der Waals surface area (Å²) in [5, 5.41) is 8.63. The van der Waals surface area contributed by atoms with Crippen LogP contribution in [0.25, 0.3) is 5.65 Å². The predicted octanol–water partition coefficient (Wildman–Crippen LogP) is 3.89. The summed E-state index contributed by atoms with van der Waals surface area (Å²) in [7, 11) is 0. The van der Waals surface area contributed by atoms with E-state index in [-0.39, 0.29) is 11.9 Å². The largest absolute Gasteiger partial charge is 0.334 e. The molecule has 7 nitrogen and oxygen atoms in total. The highest BCUT2D eigenvalue weighted by Gasteiger charge is 2.13. The van der Waals surface area contributed by atoms with E-state index in [1.165, 1.54) is 0 Å². The van der Waals surface area contributed by atoms with Crippen molar-refractivity contribution in [3.05, 3.63) is 102 Å². The second-order valence-electron chi connectivity index (χ2n) is 7.20. The molecule has 4 rings (SSSR count). The number of anilines is 1. The quantitative estimate of drug-likeness (QED) is 0.448. The molecule has 0 unspecified atom stereocenters. The fourth-order valence-corrected chi connectivity index (χ4v) is 3.22. The number of carbonyl (C=O) groups excluding carboxylic acids is 2. The summed E-state index contributed by atoms with van der Waals surface area (Å²) in [5.41, 5.74) is 4.71. The van der Waals surface area contributed by atoms with Crippen LogP contribution in [-0.2, 0) is 13.1 Å². The number of carbonyl (C=O) groups is 2. The zero-order valence-corrected chi connectivity index (χ0v) is 17.1. The number of hydrogen-bond acceptors (Lipinski definition) is 3. The van der Waals surface area contributed by atoms with Crippen LogP contribution in [0.3, 0.4) is 0 Å². The zero-order chi connectivity index (χ0) is 21.6. The molecule has 7 heteroatoms. The molecular weight excluding hydrogens is 390 g/mol. The molecule has 0 aliphatic carbocycles. The Morgan fingerprint density at radius 1 is 0.903 bits per heavy atom. The van der Waals surface area contributed by atoms with Gasteiger partial charge in [0.25, 0.3) is 5.91 Å². The van der Waals surface area contributed by atoms with Crippen LogP contribution >= 0.6 is 0 Å². The van der Waals surface area contributed by atoms with Gasteiger partial charge in [0.2, 0.25) is 0 Å². The number of nitrogens with zero attached hydrogens (tertiary/aromatic N) is 2. The maximum absolute atomic E-state index is 12.8. The van der Waals surface area contributed by atoms with E-state index in [2.05, 4.69) is 20.9 Å². The van der Waals surface area contributed by atoms with Crippen molar-refractivity contribution in [2.75, 3.05) is 5.32 Å². The Morgan fingerprint density at radius 3 is 2.45 bits per heavy atom. The fraction of sp³-hybridized carbons (Fsp3) is 0.125. The van der Waals surface area contributed by atoms with Gasteiger partial charge in [-0.2, -0.15) is 0 Å². The second-order valence-corrected chi connectivity index (χ2v) is 7.20. The molecule has 0 aliphatic heterocycles. The van der Waals surface area contributed by atoms with Gasteiger partial charge in [-0.05, 0) is 41.8 Å². The van der Waals surface area contributed by atoms with Crippen molar-refractivity contribution in [1.29, 1.82) is 0 Å². The van der Waals surface area contributed by atoms with Gasteiger partial charge in [-0.3, -0.25) is 9.20 Å². The summed E-state index contributed by atoms with van der Waals surface area (Å²) < 4.78 is 1.74. The average Bonchev–Trinajstić information content (AvgIpc) is 3.23. The number of fused-ring (bicyclic) bond motifs is 1. The van der Waals surface area contributed by atoms with Crippen molar-refractivity contribution in [2.45, 2.75) is 20.0 Å². The number of amides is 3. The Bertz CT molecular complexity index is 1220. The summed E-state index contributed by atoms with van der Waals surface area (Å²) in [4.78, 5) is 29.1. The van der Waals surface area contributed by atoms with E-state index in [0.29, 0.717) is 30.1 Å². The molecule has 0 fully saturated rings. The molecular formula is C24H23N5O2. The van der Waals surface area contributed by atoms with Crippen LogP contribution in [0, 0.1) is 6.92 Å². The van der Waals surface area contributed by atoms with Gasteiger partial charge >= 0.3 is 6.03 Å². The molecule has 3 amide bonds. The summed E-state index contributed by atoms with van der Waals surface area (Å²) >= 11 is 0. The number of benzene rings is 2. The Morgan fingerprint density at radius 2 is 1.65 bits per heavy atom. The number of pyridine rings is 1. The van der Waals surface area contributed by atoms with Crippen molar-refractivity contribution >= 4 is 23.3 Å². The summed E-state index contributed by atoms with van der Waals surface area (Å²) in [6.07, 6.45) is 3.36. The third-order valence-corrected chi connectivity index (χ3v) is 4.95. The monoisotopic (exact) mass is 413 g/mol. The Kier molecular flexibility index (Phi) is 5.93. The smallest absolute Gasteiger partial charge is 0.315 e. The molecule has 4 aromatic rings. The lowest BCUT2D eigenvalue weighted by Crippen LogP contribution is -2.34. The number of hydrogen-bond donors (Lipinski definition) is 3. The lowest BCUT2D eigenvalue weighted by molar-refractivity contribution is 0.102. The Labute approximate surface area is 180 Å². The average molecular weight is 413 g/mol. The molecule has 0 aliphatic rings. The lowest BCUT2D eigenvalue weighted by Gasteiger charge is -2.12. The number of rotatable bonds is 6. The highest BCUT2D eigenvalue weighted by molar-refractivity contribution is 6.03. The van der Waals surface area contributed by atoms with Crippen molar-refractivity contribution in [2.24, 2.45) is 0 Å². The molecule has 0 spiro atoms. The van der Waals surface area contributed by atoms with Gasteiger partial charge in [-0.15, -0.1) is 0 Å². The molecule has 0 atom stereocenters. The van der Waals surface area contributed by atoms with Crippen molar-refractivity contribution in [3.63, 3.8) is 0 Å². The van der Waals surface area contributed by atoms with Gasteiger partial charge in [0.1, 0.15) is 11.3 Å². The molecule has 2 aromatic carbocycles. The molecule has 3 N–H and O–H groups in total. The van der Waals surface area contributed by atoms with E-state index in [1.807, 2.05) is 73.7 Å². The van der Waals surface area contributed by atoms with Crippen LogP contribution in [0.4, 0.5) is 10.5 Å². The minimum Gasteiger partial charge on any atom is -0.334 e. The second kappa shape index (κ2) is 9.13. The van der Waals surface area contributed by atoms with E-state index < -0.39 is 0 Å². The van der Waals surface area contributed by atoms with Crippen LogP contribution in [0.5, 0.6) is 0 Å². The highest BCUT2D eigenvalue weighted by Crippen LogP contribution is 2.18. The van der Waals surface area contributed by atoms with Gasteiger partial charge in [0, 0.05) is 25.0 Å². The van der Waals surface area contributed by atoms with Crippen LogP contribution < -0.4 is 16.0 Å². The fourth-order valence-electron chi connectivity index (χ4n) is 3.22. The highest BCUT2D eigenvalue weighted by atomic mass is 16.2. The molecule has 31 heavy (non-hydrogen) atoms. The topological polar surface area (TPSA) is 87.5 Å². The van der Waals surface area contributed by atoms with Crippen LogP contribution in [0.2, 0.25) is 0 Å². The first-order valence-electron chi connectivity index (χ1n) is 9.99. The van der Waals surface area contributed by atoms with Crippen LogP contribution in [-0.4, -0.2) is 21.3 Å². The van der Waals surface area contributed by atoms with E-state index in [0.717, 1.165) is 16.7 Å². The lowest BCUT2D eigenvalue weighted by atomic mass is 10.1. The number of imidazole rings is 1. The number of urea groups is 1.